The van der Waals surface area contributed by atoms with Gasteiger partial charge in [0.05, 0.1) is 35.5 Å². The third-order valence-corrected chi connectivity index (χ3v) is 5.42. The number of rotatable bonds is 8. The molecule has 9 heteroatoms. The van der Waals surface area contributed by atoms with Crippen molar-refractivity contribution in [3.63, 3.8) is 0 Å². The summed E-state index contributed by atoms with van der Waals surface area (Å²) in [6, 6.07) is 13.8. The number of ether oxygens (including phenoxy) is 1. The fraction of sp³-hybridized carbons (Fsp3) is 0.375. The smallest absolute Gasteiger partial charge is 0.338 e. The molecular weight excluding hydrogens is 444 g/mol. The lowest BCUT2D eigenvalue weighted by molar-refractivity contribution is -0.120. The molecule has 2 N–H and O–H groups in total. The molecule has 1 heterocycles. The zero-order valence-corrected chi connectivity index (χ0v) is 19.6. The number of carbonyl (C=O) groups is 3. The fourth-order valence-electron chi connectivity index (χ4n) is 3.44. The molecule has 33 heavy (non-hydrogen) atoms. The van der Waals surface area contributed by atoms with Crippen molar-refractivity contribution < 1.29 is 19.1 Å². The van der Waals surface area contributed by atoms with Crippen LogP contribution < -0.4 is 10.6 Å². The van der Waals surface area contributed by atoms with Crippen LogP contribution in [0.5, 0.6) is 0 Å². The summed E-state index contributed by atoms with van der Waals surface area (Å²) in [6.07, 6.45) is -0.186. The first-order chi connectivity index (χ1) is 15.8. The molecule has 0 bridgehead atoms. The molecule has 0 spiro atoms. The molecule has 0 radical (unpaired) electrons. The van der Waals surface area contributed by atoms with Crippen molar-refractivity contribution in [3.8, 4) is 0 Å². The van der Waals surface area contributed by atoms with Gasteiger partial charge in [0.2, 0.25) is 11.8 Å². The van der Waals surface area contributed by atoms with E-state index in [1.165, 1.54) is 0 Å². The summed E-state index contributed by atoms with van der Waals surface area (Å²) in [7, 11) is 0. The van der Waals surface area contributed by atoms with Gasteiger partial charge < -0.3 is 15.4 Å². The molecule has 3 rings (SSSR count). The number of nitrogens with one attached hydrogen (secondary N) is 2. The Morgan fingerprint density at radius 3 is 1.97 bits per heavy atom. The third-order valence-electron chi connectivity index (χ3n) is 5.09. The number of piperazine rings is 1. The van der Waals surface area contributed by atoms with Crippen LogP contribution in [-0.4, -0.2) is 73.0 Å². The van der Waals surface area contributed by atoms with Crippen LogP contribution >= 0.6 is 11.6 Å². The molecule has 2 aromatic carbocycles. The normalized spacial score (nSPS) is 14.7. The Morgan fingerprint density at radius 1 is 0.879 bits per heavy atom. The van der Waals surface area contributed by atoms with E-state index in [0.29, 0.717) is 48.1 Å². The molecule has 0 atom stereocenters. The maximum atomic E-state index is 12.4. The number of carbonyl (C=O) groups excluding carboxylic acids is 3. The lowest BCUT2D eigenvalue weighted by Crippen LogP contribution is -2.50. The quantitative estimate of drug-likeness (QED) is 0.574. The SMILES string of the molecule is CC(C)OC(=O)c1ccc(NC(=O)CN2CCN(CC(=O)Nc3ccccc3Cl)CC2)cc1. The molecule has 0 saturated carbocycles. The van der Waals surface area contributed by atoms with Crippen molar-refractivity contribution >= 4 is 40.8 Å². The van der Waals surface area contributed by atoms with Gasteiger partial charge in [-0.25, -0.2) is 4.79 Å². The zero-order chi connectivity index (χ0) is 23.8. The topological polar surface area (TPSA) is 91.0 Å². The highest BCUT2D eigenvalue weighted by Crippen LogP contribution is 2.20. The number of para-hydroxylation sites is 1. The number of amides is 2. The first-order valence-corrected chi connectivity index (χ1v) is 11.3. The summed E-state index contributed by atoms with van der Waals surface area (Å²) >= 11 is 6.08. The number of anilines is 2. The van der Waals surface area contributed by atoms with Crippen molar-refractivity contribution in [2.75, 3.05) is 49.9 Å². The highest BCUT2D eigenvalue weighted by atomic mass is 35.5. The van der Waals surface area contributed by atoms with Gasteiger partial charge in [0, 0.05) is 31.9 Å². The number of esters is 1. The lowest BCUT2D eigenvalue weighted by atomic mass is 10.2. The molecule has 1 fully saturated rings. The van der Waals surface area contributed by atoms with Gasteiger partial charge in [0.1, 0.15) is 0 Å². The molecular formula is C24H29ClN4O4. The molecule has 0 aromatic heterocycles. The maximum Gasteiger partial charge on any atom is 0.338 e. The van der Waals surface area contributed by atoms with Crippen LogP contribution in [0.3, 0.4) is 0 Å². The minimum atomic E-state index is -0.388. The third kappa shape index (κ3) is 7.85. The lowest BCUT2D eigenvalue weighted by Gasteiger charge is -2.33. The van der Waals surface area contributed by atoms with E-state index < -0.39 is 0 Å². The van der Waals surface area contributed by atoms with Crippen LogP contribution in [0.1, 0.15) is 24.2 Å². The molecule has 8 nitrogen and oxygen atoms in total. The van der Waals surface area contributed by atoms with Crippen LogP contribution in [0, 0.1) is 0 Å². The van der Waals surface area contributed by atoms with E-state index in [-0.39, 0.29) is 37.0 Å². The second kappa shape index (κ2) is 11.8. The van der Waals surface area contributed by atoms with Crippen LogP contribution in [-0.2, 0) is 14.3 Å². The van der Waals surface area contributed by atoms with E-state index in [1.54, 1.807) is 50.2 Å². The number of halogens is 1. The molecule has 1 saturated heterocycles. The highest BCUT2D eigenvalue weighted by Gasteiger charge is 2.21. The Balaban J connectivity index is 1.39. The Bertz CT molecular complexity index is 973. The Hall–Kier alpha value is -2.94. The number of hydrogen-bond donors (Lipinski definition) is 2. The van der Waals surface area contributed by atoms with Gasteiger partial charge in [-0.05, 0) is 50.2 Å². The van der Waals surface area contributed by atoms with Crippen LogP contribution in [0.2, 0.25) is 5.02 Å². The van der Waals surface area contributed by atoms with E-state index >= 15 is 0 Å². The number of nitrogens with zero attached hydrogens (tertiary/aromatic N) is 2. The predicted octanol–water partition coefficient (Wildman–Crippen LogP) is 3.10. The zero-order valence-electron chi connectivity index (χ0n) is 18.8. The van der Waals surface area contributed by atoms with Crippen LogP contribution in [0.15, 0.2) is 48.5 Å². The first-order valence-electron chi connectivity index (χ1n) is 10.9. The number of benzene rings is 2. The molecule has 1 aliphatic rings. The minimum absolute atomic E-state index is 0.116. The fourth-order valence-corrected chi connectivity index (χ4v) is 3.62. The van der Waals surface area contributed by atoms with Crippen molar-refractivity contribution in [2.45, 2.75) is 20.0 Å². The van der Waals surface area contributed by atoms with Gasteiger partial charge in [0.15, 0.2) is 0 Å². The summed E-state index contributed by atoms with van der Waals surface area (Å²) in [4.78, 5) is 40.7. The summed E-state index contributed by atoms with van der Waals surface area (Å²) in [5.74, 6) is -0.631. The highest BCUT2D eigenvalue weighted by molar-refractivity contribution is 6.33. The second-order valence-electron chi connectivity index (χ2n) is 8.16. The van der Waals surface area contributed by atoms with E-state index in [9.17, 15) is 14.4 Å². The predicted molar refractivity (Wildman–Crippen MR) is 129 cm³/mol. The summed E-state index contributed by atoms with van der Waals surface area (Å²) in [5.41, 5.74) is 1.66. The average Bonchev–Trinajstić information content (AvgIpc) is 2.76. The number of hydrogen-bond acceptors (Lipinski definition) is 6. The largest absolute Gasteiger partial charge is 0.459 e. The average molecular weight is 473 g/mol. The van der Waals surface area contributed by atoms with Gasteiger partial charge in [-0.3, -0.25) is 19.4 Å². The second-order valence-corrected chi connectivity index (χ2v) is 8.57. The van der Waals surface area contributed by atoms with E-state index in [2.05, 4.69) is 15.5 Å². The van der Waals surface area contributed by atoms with Crippen LogP contribution in [0.25, 0.3) is 0 Å². The summed E-state index contributed by atoms with van der Waals surface area (Å²) in [6.45, 7) is 6.88. The van der Waals surface area contributed by atoms with E-state index in [4.69, 9.17) is 16.3 Å². The van der Waals surface area contributed by atoms with Crippen molar-refractivity contribution in [2.24, 2.45) is 0 Å². The van der Waals surface area contributed by atoms with E-state index in [0.717, 1.165) is 0 Å². The van der Waals surface area contributed by atoms with Crippen molar-refractivity contribution in [1.82, 2.24) is 9.80 Å². The summed E-state index contributed by atoms with van der Waals surface area (Å²) < 4.78 is 5.16. The molecule has 0 aliphatic carbocycles. The monoisotopic (exact) mass is 472 g/mol. The first kappa shape index (κ1) is 24.7. The van der Waals surface area contributed by atoms with Gasteiger partial charge >= 0.3 is 5.97 Å². The van der Waals surface area contributed by atoms with E-state index in [1.807, 2.05) is 17.0 Å². The minimum Gasteiger partial charge on any atom is -0.459 e. The molecule has 2 amide bonds. The van der Waals surface area contributed by atoms with Crippen molar-refractivity contribution in [3.05, 3.63) is 59.1 Å². The van der Waals surface area contributed by atoms with Gasteiger partial charge in [-0.15, -0.1) is 0 Å². The summed E-state index contributed by atoms with van der Waals surface area (Å²) in [5, 5.41) is 6.18. The van der Waals surface area contributed by atoms with Crippen LogP contribution in [0.4, 0.5) is 11.4 Å². The Labute approximate surface area is 198 Å². The molecule has 1 aliphatic heterocycles. The molecule has 2 aromatic rings. The Morgan fingerprint density at radius 2 is 1.42 bits per heavy atom. The maximum absolute atomic E-state index is 12.4. The van der Waals surface area contributed by atoms with Gasteiger partial charge in [-0.2, -0.15) is 0 Å². The van der Waals surface area contributed by atoms with Crippen molar-refractivity contribution in [1.29, 1.82) is 0 Å². The Kier molecular flexibility index (Phi) is 8.82. The van der Waals surface area contributed by atoms with Gasteiger partial charge in [-0.1, -0.05) is 23.7 Å². The van der Waals surface area contributed by atoms with Gasteiger partial charge in [0.25, 0.3) is 0 Å². The molecule has 176 valence electrons. The molecule has 0 unspecified atom stereocenters. The standard InChI is InChI=1S/C24H29ClN4O4/c1-17(2)33-24(32)18-7-9-19(10-8-18)26-22(30)15-28-11-13-29(14-12-28)16-23(31)27-21-6-4-3-5-20(21)25/h3-10,17H,11-16H2,1-2H3,(H,26,30)(H,27,31).